The molecule has 0 bridgehead atoms. The second-order valence-electron chi connectivity index (χ2n) is 1.66. The Morgan fingerprint density at radius 3 is 3.00 bits per heavy atom. The highest BCUT2D eigenvalue weighted by Gasteiger charge is 2.06. The van der Waals surface area contributed by atoms with Crippen LogP contribution in [-0.2, 0) is 0 Å². The molecule has 0 fully saturated rings. The Bertz CT molecular complexity index is 71.0. The third-order valence-electron chi connectivity index (χ3n) is 1.11. The standard InChI is InChI=1S/C4H9N3/c1-2-4-3-5-7-6-4/h4H,2-3H2,1H3,(H,5,6)/t4-/m0/s1. The highest BCUT2D eigenvalue weighted by Crippen LogP contribution is 1.96. The maximum atomic E-state index is 3.75. The lowest BCUT2D eigenvalue weighted by atomic mass is 10.2. The van der Waals surface area contributed by atoms with Gasteiger partial charge in [0, 0.05) is 0 Å². The molecule has 7 heavy (non-hydrogen) atoms. The summed E-state index contributed by atoms with van der Waals surface area (Å²) in [5.74, 6) is 0. The molecule has 1 aliphatic heterocycles. The predicted octanol–water partition coefficient (Wildman–Crippen LogP) is 0.735. The number of hydrogen-bond donors (Lipinski definition) is 1. The van der Waals surface area contributed by atoms with E-state index in [-0.39, 0.29) is 0 Å². The molecular formula is C4H9N3. The largest absolute Gasteiger partial charge is 0.287 e. The third kappa shape index (κ3) is 0.885. The van der Waals surface area contributed by atoms with Crippen molar-refractivity contribution < 1.29 is 0 Å². The van der Waals surface area contributed by atoms with Crippen molar-refractivity contribution in [2.24, 2.45) is 10.3 Å². The fourth-order valence-corrected chi connectivity index (χ4v) is 0.523. The lowest BCUT2D eigenvalue weighted by molar-refractivity contribution is 0.587. The van der Waals surface area contributed by atoms with Gasteiger partial charge in [-0.15, -0.1) is 0 Å². The molecule has 0 aromatic heterocycles. The Morgan fingerprint density at radius 1 is 1.86 bits per heavy atom. The molecule has 40 valence electrons. The quantitative estimate of drug-likeness (QED) is 0.517. The van der Waals surface area contributed by atoms with Gasteiger partial charge in [0.15, 0.2) is 0 Å². The van der Waals surface area contributed by atoms with Crippen molar-refractivity contribution in [2.45, 2.75) is 19.4 Å². The zero-order valence-corrected chi connectivity index (χ0v) is 4.39. The van der Waals surface area contributed by atoms with Gasteiger partial charge in [0.05, 0.1) is 12.6 Å². The molecule has 0 amide bonds. The summed E-state index contributed by atoms with van der Waals surface area (Å²) >= 11 is 0. The van der Waals surface area contributed by atoms with Gasteiger partial charge in [0.25, 0.3) is 0 Å². The minimum absolute atomic E-state index is 0.514. The van der Waals surface area contributed by atoms with E-state index < -0.39 is 0 Å². The lowest BCUT2D eigenvalue weighted by Gasteiger charge is -1.99. The van der Waals surface area contributed by atoms with Gasteiger partial charge in [-0.2, -0.15) is 5.11 Å². The zero-order chi connectivity index (χ0) is 5.11. The van der Waals surface area contributed by atoms with E-state index in [0.29, 0.717) is 6.04 Å². The smallest absolute Gasteiger partial charge is 0.0838 e. The average molecular weight is 99.1 g/mol. The summed E-state index contributed by atoms with van der Waals surface area (Å²) in [6.45, 7) is 2.98. The van der Waals surface area contributed by atoms with Gasteiger partial charge in [-0.3, -0.25) is 5.43 Å². The molecule has 1 rings (SSSR count). The van der Waals surface area contributed by atoms with E-state index in [1.54, 1.807) is 0 Å². The molecule has 0 saturated heterocycles. The monoisotopic (exact) mass is 99.1 g/mol. The SMILES string of the molecule is CC[C@H]1CN=NN1. The van der Waals surface area contributed by atoms with E-state index in [9.17, 15) is 0 Å². The summed E-state index contributed by atoms with van der Waals surface area (Å²) in [5, 5.41) is 7.36. The molecule has 3 heteroatoms. The molecular weight excluding hydrogens is 90.1 g/mol. The first kappa shape index (κ1) is 4.56. The van der Waals surface area contributed by atoms with Crippen molar-refractivity contribution in [3.63, 3.8) is 0 Å². The topological polar surface area (TPSA) is 36.8 Å². The molecule has 0 aliphatic carbocycles. The van der Waals surface area contributed by atoms with E-state index in [1.165, 1.54) is 0 Å². The first-order valence-corrected chi connectivity index (χ1v) is 2.55. The number of nitrogens with zero attached hydrogens (tertiary/aromatic N) is 2. The number of nitrogens with one attached hydrogen (secondary N) is 1. The van der Waals surface area contributed by atoms with Crippen molar-refractivity contribution >= 4 is 0 Å². The van der Waals surface area contributed by atoms with E-state index >= 15 is 0 Å². The summed E-state index contributed by atoms with van der Waals surface area (Å²) in [6, 6.07) is 0.514. The second kappa shape index (κ2) is 1.91. The van der Waals surface area contributed by atoms with Gasteiger partial charge >= 0.3 is 0 Å². The van der Waals surface area contributed by atoms with Gasteiger partial charge < -0.3 is 0 Å². The molecule has 0 aromatic carbocycles. The maximum absolute atomic E-state index is 3.75. The molecule has 0 aromatic rings. The number of rotatable bonds is 1. The van der Waals surface area contributed by atoms with Crippen LogP contribution >= 0.6 is 0 Å². The van der Waals surface area contributed by atoms with E-state index in [1.807, 2.05) is 0 Å². The fourth-order valence-electron chi connectivity index (χ4n) is 0.523. The van der Waals surface area contributed by atoms with Crippen LogP contribution in [0.3, 0.4) is 0 Å². The van der Waals surface area contributed by atoms with E-state index in [2.05, 4.69) is 22.7 Å². The molecule has 0 saturated carbocycles. The zero-order valence-electron chi connectivity index (χ0n) is 4.39. The van der Waals surface area contributed by atoms with Gasteiger partial charge in [0.2, 0.25) is 0 Å². The Morgan fingerprint density at radius 2 is 2.71 bits per heavy atom. The first-order chi connectivity index (χ1) is 3.43. The first-order valence-electron chi connectivity index (χ1n) is 2.55. The molecule has 1 aliphatic rings. The van der Waals surface area contributed by atoms with Crippen molar-refractivity contribution in [3.05, 3.63) is 0 Å². The molecule has 3 nitrogen and oxygen atoms in total. The van der Waals surface area contributed by atoms with Crippen LogP contribution in [0.1, 0.15) is 13.3 Å². The molecule has 1 atom stereocenters. The molecule has 1 heterocycles. The van der Waals surface area contributed by atoms with Gasteiger partial charge in [0.1, 0.15) is 0 Å². The van der Waals surface area contributed by atoms with Gasteiger partial charge in [-0.05, 0) is 6.42 Å². The van der Waals surface area contributed by atoms with Crippen molar-refractivity contribution in [3.8, 4) is 0 Å². The average Bonchev–Trinajstić information content (AvgIpc) is 2.14. The Labute approximate surface area is 42.8 Å². The molecule has 0 unspecified atom stereocenters. The maximum Gasteiger partial charge on any atom is 0.0838 e. The summed E-state index contributed by atoms with van der Waals surface area (Å²) in [4.78, 5) is 0. The minimum atomic E-state index is 0.514. The van der Waals surface area contributed by atoms with Crippen LogP contribution in [-0.4, -0.2) is 12.6 Å². The van der Waals surface area contributed by atoms with Crippen LogP contribution in [0.4, 0.5) is 0 Å². The van der Waals surface area contributed by atoms with Crippen molar-refractivity contribution in [1.29, 1.82) is 0 Å². The van der Waals surface area contributed by atoms with Crippen LogP contribution in [0, 0.1) is 0 Å². The lowest BCUT2D eigenvalue weighted by Crippen LogP contribution is -2.20. The molecule has 0 spiro atoms. The summed E-state index contributed by atoms with van der Waals surface area (Å²) < 4.78 is 0. The molecule has 0 radical (unpaired) electrons. The Kier molecular flexibility index (Phi) is 1.24. The van der Waals surface area contributed by atoms with Crippen LogP contribution in [0.25, 0.3) is 0 Å². The second-order valence-corrected chi connectivity index (χ2v) is 1.66. The van der Waals surface area contributed by atoms with Gasteiger partial charge in [-0.25, -0.2) is 0 Å². The minimum Gasteiger partial charge on any atom is -0.287 e. The molecule has 1 N–H and O–H groups in total. The Hall–Kier alpha value is -0.600. The summed E-state index contributed by atoms with van der Waals surface area (Å²) in [6.07, 6.45) is 1.12. The predicted molar refractivity (Wildman–Crippen MR) is 26.9 cm³/mol. The van der Waals surface area contributed by atoms with Crippen LogP contribution < -0.4 is 5.43 Å². The highest BCUT2D eigenvalue weighted by atomic mass is 15.5. The normalized spacial score (nSPS) is 27.9. The van der Waals surface area contributed by atoms with E-state index in [4.69, 9.17) is 0 Å². The third-order valence-corrected chi connectivity index (χ3v) is 1.11. The Balaban J connectivity index is 2.22. The van der Waals surface area contributed by atoms with E-state index in [0.717, 1.165) is 13.0 Å². The van der Waals surface area contributed by atoms with Gasteiger partial charge in [-0.1, -0.05) is 12.1 Å². The number of hydrogen-bond acceptors (Lipinski definition) is 3. The van der Waals surface area contributed by atoms with Crippen molar-refractivity contribution in [2.75, 3.05) is 6.54 Å². The highest BCUT2D eigenvalue weighted by molar-refractivity contribution is 4.66. The van der Waals surface area contributed by atoms with Crippen molar-refractivity contribution in [1.82, 2.24) is 5.43 Å². The van der Waals surface area contributed by atoms with Crippen LogP contribution in [0.5, 0.6) is 0 Å². The van der Waals surface area contributed by atoms with Crippen LogP contribution in [0.2, 0.25) is 0 Å². The summed E-state index contributed by atoms with van der Waals surface area (Å²) in [7, 11) is 0. The van der Waals surface area contributed by atoms with Crippen LogP contribution in [0.15, 0.2) is 10.3 Å². The summed E-state index contributed by atoms with van der Waals surface area (Å²) in [5.41, 5.74) is 2.86. The fraction of sp³-hybridized carbons (Fsp3) is 1.00.